The summed E-state index contributed by atoms with van der Waals surface area (Å²) in [6, 6.07) is 9.68. The van der Waals surface area contributed by atoms with Gasteiger partial charge in [-0.25, -0.2) is 0 Å². The molecule has 0 aliphatic heterocycles. The Morgan fingerprint density at radius 2 is 2.00 bits per heavy atom. The zero-order valence-corrected chi connectivity index (χ0v) is 17.2. The van der Waals surface area contributed by atoms with Crippen molar-refractivity contribution >= 4 is 39.2 Å². The number of aromatic nitrogens is 1. The number of hydrogen-bond acceptors (Lipinski definition) is 6. The number of nitro groups is 1. The Bertz CT molecular complexity index is 1220. The highest BCUT2D eigenvalue weighted by molar-refractivity contribution is 7.16. The van der Waals surface area contributed by atoms with Gasteiger partial charge in [-0.15, -0.1) is 6.58 Å². The Morgan fingerprint density at radius 3 is 2.67 bits per heavy atom. The SMILES string of the molecule is C=CCn1c(=NC(=O)C=Cc2cccc([N+](=O)[O-])c2)sc2cc(OC)c(OC)cc21. The average Bonchev–Trinajstić information content (AvgIpc) is 3.07. The van der Waals surface area contributed by atoms with E-state index < -0.39 is 10.8 Å². The first-order valence-electron chi connectivity index (χ1n) is 8.84. The zero-order chi connectivity index (χ0) is 21.7. The predicted octanol–water partition coefficient (Wildman–Crippen LogP) is 3.95. The Kier molecular flexibility index (Phi) is 6.43. The van der Waals surface area contributed by atoms with Gasteiger partial charge < -0.3 is 14.0 Å². The van der Waals surface area contributed by atoms with Crippen LogP contribution in [0.25, 0.3) is 16.3 Å². The van der Waals surface area contributed by atoms with Crippen molar-refractivity contribution in [3.05, 3.63) is 75.6 Å². The molecule has 9 heteroatoms. The number of ether oxygens (including phenoxy) is 2. The molecule has 0 spiro atoms. The summed E-state index contributed by atoms with van der Waals surface area (Å²) in [5.74, 6) is 0.675. The van der Waals surface area contributed by atoms with Crippen LogP contribution in [0.15, 0.2) is 60.1 Å². The molecule has 8 nitrogen and oxygen atoms in total. The first kappa shape index (κ1) is 21.0. The average molecular weight is 425 g/mol. The molecule has 0 unspecified atom stereocenters. The van der Waals surface area contributed by atoms with Crippen LogP contribution in [0.1, 0.15) is 5.56 Å². The van der Waals surface area contributed by atoms with E-state index in [0.29, 0.717) is 28.4 Å². The summed E-state index contributed by atoms with van der Waals surface area (Å²) in [6.07, 6.45) is 4.49. The van der Waals surface area contributed by atoms with Crippen LogP contribution in [0.5, 0.6) is 11.5 Å². The number of nitro benzene ring substituents is 1. The number of nitrogens with zero attached hydrogens (tertiary/aromatic N) is 3. The summed E-state index contributed by atoms with van der Waals surface area (Å²) < 4.78 is 13.4. The van der Waals surface area contributed by atoms with Gasteiger partial charge in [0, 0.05) is 36.9 Å². The number of amides is 1. The third-order valence-corrected chi connectivity index (χ3v) is 5.25. The lowest BCUT2D eigenvalue weighted by Crippen LogP contribution is -2.15. The Hall–Kier alpha value is -3.72. The highest BCUT2D eigenvalue weighted by Gasteiger charge is 2.12. The van der Waals surface area contributed by atoms with E-state index in [1.165, 1.54) is 35.6 Å². The first-order chi connectivity index (χ1) is 14.5. The van der Waals surface area contributed by atoms with Gasteiger partial charge in [0.2, 0.25) is 0 Å². The lowest BCUT2D eigenvalue weighted by Gasteiger charge is -2.08. The van der Waals surface area contributed by atoms with E-state index in [0.717, 1.165) is 10.2 Å². The molecule has 1 aromatic heterocycles. The number of allylic oxidation sites excluding steroid dienone is 1. The maximum Gasteiger partial charge on any atom is 0.272 e. The smallest absolute Gasteiger partial charge is 0.272 e. The molecule has 0 saturated heterocycles. The first-order valence-corrected chi connectivity index (χ1v) is 9.66. The topological polar surface area (TPSA) is 96.0 Å². The fourth-order valence-corrected chi connectivity index (χ4v) is 3.88. The fourth-order valence-electron chi connectivity index (χ4n) is 2.83. The number of fused-ring (bicyclic) bond motifs is 1. The minimum atomic E-state index is -0.485. The summed E-state index contributed by atoms with van der Waals surface area (Å²) in [5.41, 5.74) is 1.34. The molecule has 0 aliphatic carbocycles. The molecule has 2 aromatic carbocycles. The van der Waals surface area contributed by atoms with E-state index in [9.17, 15) is 14.9 Å². The Labute approximate surface area is 176 Å². The van der Waals surface area contributed by atoms with Crippen LogP contribution in [-0.4, -0.2) is 29.6 Å². The molecule has 0 radical (unpaired) electrons. The number of carbonyl (C=O) groups excluding carboxylic acids is 1. The molecular weight excluding hydrogens is 406 g/mol. The van der Waals surface area contributed by atoms with Crippen LogP contribution in [0.4, 0.5) is 5.69 Å². The maximum atomic E-state index is 12.4. The molecule has 1 amide bonds. The van der Waals surface area contributed by atoms with Gasteiger partial charge in [-0.2, -0.15) is 4.99 Å². The summed E-state index contributed by atoms with van der Waals surface area (Å²) in [6.45, 7) is 4.22. The van der Waals surface area contributed by atoms with Gasteiger partial charge in [0.1, 0.15) is 0 Å². The Morgan fingerprint density at radius 1 is 1.27 bits per heavy atom. The molecule has 3 aromatic rings. The summed E-state index contributed by atoms with van der Waals surface area (Å²) in [4.78, 5) is 27.5. The number of thiazole rings is 1. The molecule has 0 atom stereocenters. The van der Waals surface area contributed by atoms with E-state index in [1.54, 1.807) is 32.4 Å². The number of carbonyl (C=O) groups is 1. The number of benzene rings is 2. The van der Waals surface area contributed by atoms with Gasteiger partial charge in [-0.3, -0.25) is 14.9 Å². The van der Waals surface area contributed by atoms with Gasteiger partial charge in [0.25, 0.3) is 11.6 Å². The molecule has 154 valence electrons. The second kappa shape index (κ2) is 9.19. The van der Waals surface area contributed by atoms with Crippen molar-refractivity contribution in [2.75, 3.05) is 14.2 Å². The highest BCUT2D eigenvalue weighted by atomic mass is 32.1. The fraction of sp³-hybridized carbons (Fsp3) is 0.143. The number of rotatable bonds is 7. The number of methoxy groups -OCH3 is 2. The summed E-state index contributed by atoms with van der Waals surface area (Å²) >= 11 is 1.34. The van der Waals surface area contributed by atoms with Gasteiger partial charge in [-0.1, -0.05) is 29.5 Å². The molecule has 0 aliphatic rings. The maximum absolute atomic E-state index is 12.4. The van der Waals surface area contributed by atoms with Crippen molar-refractivity contribution in [2.24, 2.45) is 4.99 Å². The summed E-state index contributed by atoms with van der Waals surface area (Å²) in [7, 11) is 3.12. The van der Waals surface area contributed by atoms with E-state index in [4.69, 9.17) is 9.47 Å². The minimum Gasteiger partial charge on any atom is -0.493 e. The second-order valence-corrected chi connectivity index (χ2v) is 7.10. The normalized spacial score (nSPS) is 11.7. The molecule has 1 heterocycles. The zero-order valence-electron chi connectivity index (χ0n) is 16.4. The molecule has 30 heavy (non-hydrogen) atoms. The van der Waals surface area contributed by atoms with E-state index >= 15 is 0 Å². The molecule has 0 N–H and O–H groups in total. The van der Waals surface area contributed by atoms with E-state index in [1.807, 2.05) is 16.7 Å². The van der Waals surface area contributed by atoms with Crippen molar-refractivity contribution < 1.29 is 19.2 Å². The summed E-state index contributed by atoms with van der Waals surface area (Å²) in [5, 5.41) is 10.9. The standard InChI is InChI=1S/C21H19N3O5S/c1-4-10-23-16-12-17(28-2)18(29-3)13-19(16)30-21(23)22-20(25)9-8-14-6-5-7-15(11-14)24(26)27/h4-9,11-13H,1,10H2,2-3H3. The van der Waals surface area contributed by atoms with E-state index in [-0.39, 0.29) is 5.69 Å². The third kappa shape index (κ3) is 4.47. The molecule has 0 saturated carbocycles. The predicted molar refractivity (Wildman–Crippen MR) is 116 cm³/mol. The molecule has 3 rings (SSSR count). The molecule has 0 bridgehead atoms. The van der Waals surface area contributed by atoms with Crippen LogP contribution in [0.2, 0.25) is 0 Å². The monoisotopic (exact) mass is 425 g/mol. The van der Waals surface area contributed by atoms with Crippen molar-refractivity contribution in [1.82, 2.24) is 4.57 Å². The largest absolute Gasteiger partial charge is 0.493 e. The molecular formula is C21H19N3O5S. The molecule has 0 fully saturated rings. The van der Waals surface area contributed by atoms with Gasteiger partial charge in [0.15, 0.2) is 16.3 Å². The third-order valence-electron chi connectivity index (χ3n) is 4.20. The van der Waals surface area contributed by atoms with Crippen molar-refractivity contribution in [2.45, 2.75) is 6.54 Å². The highest BCUT2D eigenvalue weighted by Crippen LogP contribution is 2.33. The van der Waals surface area contributed by atoms with Crippen molar-refractivity contribution in [1.29, 1.82) is 0 Å². The van der Waals surface area contributed by atoms with Gasteiger partial charge >= 0.3 is 0 Å². The van der Waals surface area contributed by atoms with Gasteiger partial charge in [-0.05, 0) is 11.6 Å². The minimum absolute atomic E-state index is 0.0437. The van der Waals surface area contributed by atoms with Gasteiger partial charge in [0.05, 0.1) is 29.4 Å². The Balaban J connectivity index is 2.01. The lowest BCUT2D eigenvalue weighted by molar-refractivity contribution is -0.384. The van der Waals surface area contributed by atoms with Crippen LogP contribution < -0.4 is 14.3 Å². The van der Waals surface area contributed by atoms with Crippen LogP contribution in [-0.2, 0) is 11.3 Å². The van der Waals surface area contributed by atoms with Crippen molar-refractivity contribution in [3.8, 4) is 11.5 Å². The van der Waals surface area contributed by atoms with E-state index in [2.05, 4.69) is 11.6 Å². The number of non-ortho nitro benzene ring substituents is 1. The number of hydrogen-bond donors (Lipinski definition) is 0. The second-order valence-electron chi connectivity index (χ2n) is 6.09. The quantitative estimate of drug-likeness (QED) is 0.247. The van der Waals surface area contributed by atoms with Crippen LogP contribution in [0, 0.1) is 10.1 Å². The van der Waals surface area contributed by atoms with Crippen LogP contribution in [0.3, 0.4) is 0 Å². The van der Waals surface area contributed by atoms with Crippen molar-refractivity contribution in [3.63, 3.8) is 0 Å². The van der Waals surface area contributed by atoms with Crippen LogP contribution >= 0.6 is 11.3 Å². The lowest BCUT2D eigenvalue weighted by atomic mass is 10.2.